The summed E-state index contributed by atoms with van der Waals surface area (Å²) in [4.78, 5) is 14.7. The lowest BCUT2D eigenvalue weighted by atomic mass is 9.82. The Hall–Kier alpha value is -2.36. The topological polar surface area (TPSA) is 98.1 Å². The molecule has 0 aliphatic rings. The molecule has 0 fully saturated rings. The van der Waals surface area contributed by atoms with Crippen LogP contribution in [-0.2, 0) is 16.1 Å². The van der Waals surface area contributed by atoms with Crippen molar-refractivity contribution in [2.45, 2.75) is 45.5 Å². The number of nitrogens with zero attached hydrogens (tertiary/aromatic N) is 1. The van der Waals surface area contributed by atoms with Crippen LogP contribution in [0.2, 0.25) is 5.02 Å². The third-order valence-corrected chi connectivity index (χ3v) is 4.87. The van der Waals surface area contributed by atoms with Crippen molar-refractivity contribution in [2.75, 3.05) is 6.61 Å². The molecule has 0 spiro atoms. The average molecular weight is 439 g/mol. The number of aromatic nitrogens is 1. The summed E-state index contributed by atoms with van der Waals surface area (Å²) in [5.41, 5.74) is -1.57. The smallest absolute Gasteiger partial charge is 0.341 e. The third kappa shape index (κ3) is 6.32. The van der Waals surface area contributed by atoms with Gasteiger partial charge in [0.05, 0.1) is 21.8 Å². The number of aliphatic hydroxyl groups is 1. The fourth-order valence-corrected chi connectivity index (χ4v) is 2.26. The molecule has 1 heterocycles. The van der Waals surface area contributed by atoms with Crippen LogP contribution in [0, 0.1) is 5.82 Å². The average Bonchev–Trinajstić information content (AvgIpc) is 2.64. The quantitative estimate of drug-likeness (QED) is 0.550. The van der Waals surface area contributed by atoms with Gasteiger partial charge in [0.25, 0.3) is 0 Å². The van der Waals surface area contributed by atoms with E-state index in [1.165, 1.54) is 19.7 Å². The first kappa shape index (κ1) is 23.9. The standard InChI is InChI=1S/C20H23BClFNO6/c1-19(2,27)20(3,4)30-21-13-8-16(14(22)9-15(13)23)28-10-12-6-5-7-24-18(12)29-11-17(25)26/h5-9,27H,10-11H2,1-4H3,(H,25,26). The highest BCUT2D eigenvalue weighted by Crippen LogP contribution is 2.27. The molecule has 0 saturated heterocycles. The number of carboxylic acids is 1. The normalized spacial score (nSPS) is 11.8. The van der Waals surface area contributed by atoms with Crippen molar-refractivity contribution in [2.24, 2.45) is 0 Å². The molecular formula is C20H23BClFNO6. The predicted octanol–water partition coefficient (Wildman–Crippen LogP) is 2.73. The SMILES string of the molecule is CC(C)(O)C(C)(C)O[B]c1cc(OCc2cccnc2OCC(=O)O)c(Cl)cc1F. The Kier molecular flexibility index (Phi) is 7.68. The first-order valence-corrected chi connectivity index (χ1v) is 9.42. The highest BCUT2D eigenvalue weighted by molar-refractivity contribution is 6.47. The second kappa shape index (κ2) is 9.64. The minimum absolute atomic E-state index is 0.0381. The molecule has 10 heteroatoms. The third-order valence-electron chi connectivity index (χ3n) is 4.57. The van der Waals surface area contributed by atoms with Crippen molar-refractivity contribution in [3.63, 3.8) is 0 Å². The van der Waals surface area contributed by atoms with E-state index < -0.39 is 29.6 Å². The summed E-state index contributed by atoms with van der Waals surface area (Å²) in [6.45, 7) is 5.95. The molecule has 0 amide bonds. The van der Waals surface area contributed by atoms with E-state index in [4.69, 9.17) is 30.8 Å². The molecule has 161 valence electrons. The second-order valence-corrected chi connectivity index (χ2v) is 7.96. The maximum absolute atomic E-state index is 14.3. The number of ether oxygens (including phenoxy) is 2. The number of hydrogen-bond acceptors (Lipinski definition) is 6. The fourth-order valence-electron chi connectivity index (χ4n) is 2.05. The van der Waals surface area contributed by atoms with Crippen LogP contribution in [0.4, 0.5) is 4.39 Å². The summed E-state index contributed by atoms with van der Waals surface area (Å²) in [7, 11) is 1.20. The molecule has 0 atom stereocenters. The molecular weight excluding hydrogens is 415 g/mol. The zero-order valence-electron chi connectivity index (χ0n) is 17.1. The van der Waals surface area contributed by atoms with Gasteiger partial charge in [-0.15, -0.1) is 0 Å². The van der Waals surface area contributed by atoms with E-state index in [-0.39, 0.29) is 28.7 Å². The van der Waals surface area contributed by atoms with Gasteiger partial charge in [-0.25, -0.2) is 14.2 Å². The molecule has 0 bridgehead atoms. The number of aliphatic carboxylic acids is 1. The van der Waals surface area contributed by atoms with E-state index >= 15 is 0 Å². The van der Waals surface area contributed by atoms with E-state index in [0.717, 1.165) is 6.07 Å². The van der Waals surface area contributed by atoms with Gasteiger partial charge in [-0.05, 0) is 57.4 Å². The van der Waals surface area contributed by atoms with Crippen LogP contribution in [0.25, 0.3) is 0 Å². The Balaban J connectivity index is 2.14. The van der Waals surface area contributed by atoms with Crippen LogP contribution in [-0.4, -0.2) is 46.5 Å². The van der Waals surface area contributed by atoms with Crippen LogP contribution in [0.15, 0.2) is 30.5 Å². The number of pyridine rings is 1. The van der Waals surface area contributed by atoms with Gasteiger partial charge >= 0.3 is 13.5 Å². The zero-order chi connectivity index (χ0) is 22.5. The number of halogens is 2. The molecule has 1 radical (unpaired) electrons. The highest BCUT2D eigenvalue weighted by atomic mass is 35.5. The van der Waals surface area contributed by atoms with Crippen molar-refractivity contribution in [3.05, 3.63) is 46.9 Å². The lowest BCUT2D eigenvalue weighted by Gasteiger charge is -2.37. The Morgan fingerprint density at radius 3 is 2.60 bits per heavy atom. The predicted molar refractivity (Wildman–Crippen MR) is 110 cm³/mol. The lowest BCUT2D eigenvalue weighted by Crippen LogP contribution is -2.49. The van der Waals surface area contributed by atoms with E-state index in [0.29, 0.717) is 5.56 Å². The maximum atomic E-state index is 14.3. The van der Waals surface area contributed by atoms with E-state index in [2.05, 4.69) is 4.98 Å². The lowest BCUT2D eigenvalue weighted by molar-refractivity contribution is -0.139. The molecule has 7 nitrogen and oxygen atoms in total. The summed E-state index contributed by atoms with van der Waals surface area (Å²) in [5.74, 6) is -1.46. The zero-order valence-corrected chi connectivity index (χ0v) is 17.9. The maximum Gasteiger partial charge on any atom is 0.341 e. The Bertz CT molecular complexity index is 903. The van der Waals surface area contributed by atoms with Crippen molar-refractivity contribution < 1.29 is 33.5 Å². The Labute approximate surface area is 180 Å². The van der Waals surface area contributed by atoms with Gasteiger partial charge in [-0.3, -0.25) is 0 Å². The summed E-state index contributed by atoms with van der Waals surface area (Å²) in [6, 6.07) is 5.76. The number of rotatable bonds is 10. The van der Waals surface area contributed by atoms with Crippen LogP contribution < -0.4 is 14.9 Å². The molecule has 1 aromatic heterocycles. The van der Waals surface area contributed by atoms with Gasteiger partial charge < -0.3 is 24.3 Å². The van der Waals surface area contributed by atoms with E-state index in [1.807, 2.05) is 0 Å². The molecule has 0 aliphatic carbocycles. The van der Waals surface area contributed by atoms with Crippen molar-refractivity contribution in [3.8, 4) is 11.6 Å². The summed E-state index contributed by atoms with van der Waals surface area (Å²) in [6.07, 6.45) is 1.46. The fraction of sp³-hybridized carbons (Fsp3) is 0.400. The summed E-state index contributed by atoms with van der Waals surface area (Å²) in [5, 5.41) is 19.0. The van der Waals surface area contributed by atoms with Gasteiger partial charge in [0, 0.05) is 6.20 Å². The molecule has 30 heavy (non-hydrogen) atoms. The molecule has 2 rings (SSSR count). The van der Waals surface area contributed by atoms with Gasteiger partial charge in [-0.2, -0.15) is 0 Å². The summed E-state index contributed by atoms with van der Waals surface area (Å²) >= 11 is 6.09. The Morgan fingerprint density at radius 2 is 1.97 bits per heavy atom. The van der Waals surface area contributed by atoms with Crippen LogP contribution in [0.5, 0.6) is 11.6 Å². The highest BCUT2D eigenvalue weighted by Gasteiger charge is 2.36. The summed E-state index contributed by atoms with van der Waals surface area (Å²) < 4.78 is 30.7. The largest absolute Gasteiger partial charge is 0.487 e. The second-order valence-electron chi connectivity index (χ2n) is 7.55. The van der Waals surface area contributed by atoms with Gasteiger partial charge in [-0.1, -0.05) is 11.6 Å². The van der Waals surface area contributed by atoms with Crippen molar-refractivity contribution >= 4 is 30.5 Å². The van der Waals surface area contributed by atoms with Crippen molar-refractivity contribution in [1.82, 2.24) is 4.98 Å². The molecule has 1 aromatic carbocycles. The van der Waals surface area contributed by atoms with Gasteiger partial charge in [0.1, 0.15) is 18.2 Å². The molecule has 2 aromatic rings. The Morgan fingerprint density at radius 1 is 1.27 bits per heavy atom. The van der Waals surface area contributed by atoms with Gasteiger partial charge in [0.15, 0.2) is 6.61 Å². The molecule has 2 N–H and O–H groups in total. The monoisotopic (exact) mass is 438 g/mol. The number of carbonyl (C=O) groups is 1. The van der Waals surface area contributed by atoms with Crippen LogP contribution in [0.3, 0.4) is 0 Å². The molecule has 0 saturated carbocycles. The molecule has 0 aliphatic heterocycles. The van der Waals surface area contributed by atoms with Crippen LogP contribution in [0.1, 0.15) is 33.3 Å². The van der Waals surface area contributed by atoms with Gasteiger partial charge in [0.2, 0.25) is 5.88 Å². The van der Waals surface area contributed by atoms with E-state index in [1.54, 1.807) is 39.8 Å². The first-order chi connectivity index (χ1) is 13.9. The molecule has 0 unspecified atom stereocenters. The minimum Gasteiger partial charge on any atom is -0.487 e. The van der Waals surface area contributed by atoms with E-state index in [9.17, 15) is 14.3 Å². The minimum atomic E-state index is -1.17. The van der Waals surface area contributed by atoms with Crippen molar-refractivity contribution in [1.29, 1.82) is 0 Å². The number of hydrogen-bond donors (Lipinski definition) is 2. The van der Waals surface area contributed by atoms with Crippen LogP contribution >= 0.6 is 11.6 Å². The number of carboxylic acid groups (broad SMARTS) is 1. The number of benzene rings is 1. The first-order valence-electron chi connectivity index (χ1n) is 9.04.